The molecule has 1 aliphatic heterocycles. The van der Waals surface area contributed by atoms with Crippen LogP contribution < -0.4 is 5.32 Å². The van der Waals surface area contributed by atoms with E-state index in [1.54, 1.807) is 0 Å². The third kappa shape index (κ3) is 3.25. The first-order valence-corrected chi connectivity index (χ1v) is 11.7. The summed E-state index contributed by atoms with van der Waals surface area (Å²) in [6.07, 6.45) is 6.63. The zero-order valence-corrected chi connectivity index (χ0v) is 18.1. The third-order valence-corrected chi connectivity index (χ3v) is 7.16. The number of hydrogen-bond acceptors (Lipinski definition) is 5. The number of anilines is 1. The first-order valence-electron chi connectivity index (χ1n) is 11.7. The molecule has 6 nitrogen and oxygen atoms in total. The number of benzene rings is 2. The lowest BCUT2D eigenvalue weighted by Crippen LogP contribution is -2.49. The zero-order valence-electron chi connectivity index (χ0n) is 18.1. The van der Waals surface area contributed by atoms with E-state index in [1.165, 1.54) is 5.56 Å². The predicted octanol–water partition coefficient (Wildman–Crippen LogP) is 4.99. The van der Waals surface area contributed by atoms with Crippen molar-refractivity contribution in [3.63, 3.8) is 0 Å². The molecule has 1 unspecified atom stereocenters. The largest absolute Gasteiger partial charge is 0.305 e. The zero-order chi connectivity index (χ0) is 21.5. The molecule has 1 aromatic heterocycles. The van der Waals surface area contributed by atoms with E-state index in [1.807, 2.05) is 24.3 Å². The average Bonchev–Trinajstić information content (AvgIpc) is 3.39. The first kappa shape index (κ1) is 19.4. The van der Waals surface area contributed by atoms with Gasteiger partial charge in [-0.25, -0.2) is 15.0 Å². The molecule has 2 saturated carbocycles. The Kier molecular flexibility index (Phi) is 4.67. The highest BCUT2D eigenvalue weighted by atomic mass is 16.1. The van der Waals surface area contributed by atoms with Crippen molar-refractivity contribution in [3.8, 4) is 0 Å². The summed E-state index contributed by atoms with van der Waals surface area (Å²) in [5.74, 6) is 1.56. The Morgan fingerprint density at radius 3 is 2.59 bits per heavy atom. The van der Waals surface area contributed by atoms with Crippen LogP contribution >= 0.6 is 0 Å². The minimum Gasteiger partial charge on any atom is -0.305 e. The first-order chi connectivity index (χ1) is 15.7. The summed E-state index contributed by atoms with van der Waals surface area (Å²) in [6.45, 7) is 0.708. The molecule has 1 spiro atoms. The molecule has 6 rings (SSSR count). The van der Waals surface area contributed by atoms with Gasteiger partial charge in [0.25, 0.3) is 0 Å². The Morgan fingerprint density at radius 1 is 0.969 bits per heavy atom. The summed E-state index contributed by atoms with van der Waals surface area (Å²) in [4.78, 5) is 27.7. The fraction of sp³-hybridized carbons (Fsp3) is 0.385. The number of fused-ring (bicyclic) bond motifs is 3. The van der Waals surface area contributed by atoms with Gasteiger partial charge in [-0.2, -0.15) is 0 Å². The minimum absolute atomic E-state index is 0.118. The summed E-state index contributed by atoms with van der Waals surface area (Å²) in [5, 5.41) is 3.46. The van der Waals surface area contributed by atoms with Crippen LogP contribution in [0.15, 0.2) is 64.6 Å². The number of nitrogens with one attached hydrogen (secondary N) is 1. The molecule has 32 heavy (non-hydrogen) atoms. The fourth-order valence-corrected chi connectivity index (χ4v) is 5.73. The lowest BCUT2D eigenvalue weighted by atomic mass is 9.71. The molecule has 0 bridgehead atoms. The minimum atomic E-state index is -0.312. The second kappa shape index (κ2) is 7.69. The van der Waals surface area contributed by atoms with Crippen LogP contribution in [0.2, 0.25) is 0 Å². The van der Waals surface area contributed by atoms with Gasteiger partial charge in [0.1, 0.15) is 5.78 Å². The number of carbonyl (C=O) groups is 1. The number of ketones is 1. The molecule has 2 aliphatic carbocycles. The lowest BCUT2D eigenvalue weighted by Gasteiger charge is -2.39. The van der Waals surface area contributed by atoms with Crippen molar-refractivity contribution in [1.82, 2.24) is 9.55 Å². The predicted molar refractivity (Wildman–Crippen MR) is 127 cm³/mol. The van der Waals surface area contributed by atoms with Crippen LogP contribution in [-0.2, 0) is 11.3 Å². The Labute approximate surface area is 187 Å². The molecule has 0 saturated heterocycles. The van der Waals surface area contributed by atoms with E-state index >= 15 is 0 Å². The number of nitrogens with zero attached hydrogens (tertiary/aromatic N) is 4. The normalized spacial score (nSPS) is 22.0. The third-order valence-electron chi connectivity index (χ3n) is 7.16. The van der Waals surface area contributed by atoms with Gasteiger partial charge in [-0.15, -0.1) is 0 Å². The van der Waals surface area contributed by atoms with Crippen LogP contribution in [0.25, 0.3) is 11.0 Å². The van der Waals surface area contributed by atoms with Gasteiger partial charge < -0.3 is 4.57 Å². The second-order valence-corrected chi connectivity index (χ2v) is 9.22. The van der Waals surface area contributed by atoms with E-state index < -0.39 is 0 Å². The lowest BCUT2D eigenvalue weighted by molar-refractivity contribution is -0.123. The van der Waals surface area contributed by atoms with Crippen molar-refractivity contribution < 1.29 is 4.79 Å². The van der Waals surface area contributed by atoms with Crippen LogP contribution in [-0.4, -0.2) is 32.5 Å². The number of carbonyl (C=O) groups excluding carboxylic acids is 1. The van der Waals surface area contributed by atoms with Gasteiger partial charge in [0.15, 0.2) is 0 Å². The average molecular weight is 426 g/mol. The SMILES string of the molecule is O=C1CCCC2=NC(Nc3nc4ccccc4n3Cc3ccccc3)=NC3(CCCC3)C12. The monoisotopic (exact) mass is 425 g/mol. The van der Waals surface area contributed by atoms with Crippen LogP contribution in [0.5, 0.6) is 0 Å². The van der Waals surface area contributed by atoms with E-state index in [2.05, 4.69) is 40.2 Å². The maximum atomic E-state index is 12.8. The quantitative estimate of drug-likeness (QED) is 0.643. The van der Waals surface area contributed by atoms with Crippen molar-refractivity contribution in [2.45, 2.75) is 57.0 Å². The molecule has 3 aliphatic rings. The smallest absolute Gasteiger partial charge is 0.225 e. The van der Waals surface area contributed by atoms with E-state index in [0.717, 1.165) is 61.2 Å². The Morgan fingerprint density at radius 2 is 1.75 bits per heavy atom. The number of imidazole rings is 1. The van der Waals surface area contributed by atoms with Crippen LogP contribution in [0.1, 0.15) is 50.5 Å². The van der Waals surface area contributed by atoms with E-state index in [-0.39, 0.29) is 11.5 Å². The number of guanidine groups is 1. The highest BCUT2D eigenvalue weighted by molar-refractivity contribution is 6.15. The molecule has 0 radical (unpaired) electrons. The molecule has 2 heterocycles. The number of aromatic nitrogens is 2. The van der Waals surface area contributed by atoms with E-state index in [4.69, 9.17) is 15.0 Å². The standard InChI is InChI=1S/C26H27N5O/c32-22-14-8-12-20-23(22)26(15-6-7-16-26)30-24(27-20)29-25-28-19-11-4-5-13-21(19)31(25)17-18-9-2-1-3-10-18/h1-5,9-11,13,23H,6-8,12,14-17H2,(H,28,29,30). The number of Topliss-reactive ketones (excluding diaryl/α,β-unsaturated/α-hetero) is 1. The van der Waals surface area contributed by atoms with Gasteiger partial charge >= 0.3 is 0 Å². The number of aliphatic imine (C=N–C) groups is 2. The van der Waals surface area contributed by atoms with Gasteiger partial charge in [-0.05, 0) is 43.4 Å². The maximum absolute atomic E-state index is 12.8. The molecule has 0 amide bonds. The molecule has 1 atom stereocenters. The summed E-state index contributed by atoms with van der Waals surface area (Å²) in [7, 11) is 0. The van der Waals surface area contributed by atoms with E-state index in [0.29, 0.717) is 24.7 Å². The highest BCUT2D eigenvalue weighted by Crippen LogP contribution is 2.45. The van der Waals surface area contributed by atoms with Crippen LogP contribution in [0, 0.1) is 5.92 Å². The van der Waals surface area contributed by atoms with Gasteiger partial charge in [-0.1, -0.05) is 55.3 Å². The second-order valence-electron chi connectivity index (χ2n) is 9.22. The Hall–Kier alpha value is -3.28. The van der Waals surface area contributed by atoms with Crippen LogP contribution in [0.4, 0.5) is 5.95 Å². The molecule has 2 aromatic carbocycles. The van der Waals surface area contributed by atoms with Crippen molar-refractivity contribution in [2.24, 2.45) is 15.9 Å². The molecule has 3 aromatic rings. The molecule has 1 N–H and O–H groups in total. The number of para-hydroxylation sites is 2. The van der Waals surface area contributed by atoms with E-state index in [9.17, 15) is 4.79 Å². The van der Waals surface area contributed by atoms with Crippen molar-refractivity contribution in [3.05, 3.63) is 60.2 Å². The van der Waals surface area contributed by atoms with Gasteiger partial charge in [0.05, 0.1) is 29.0 Å². The number of hydrogen-bond donors (Lipinski definition) is 1. The molecule has 2 fully saturated rings. The highest BCUT2D eigenvalue weighted by Gasteiger charge is 2.50. The summed E-state index contributed by atoms with van der Waals surface area (Å²) < 4.78 is 2.19. The van der Waals surface area contributed by atoms with Crippen molar-refractivity contribution in [2.75, 3.05) is 5.32 Å². The van der Waals surface area contributed by atoms with Crippen LogP contribution in [0.3, 0.4) is 0 Å². The van der Waals surface area contributed by atoms with Crippen molar-refractivity contribution in [1.29, 1.82) is 0 Å². The Bertz CT molecular complexity index is 1230. The van der Waals surface area contributed by atoms with Gasteiger partial charge in [-0.3, -0.25) is 10.1 Å². The molecular formula is C26H27N5O. The summed E-state index contributed by atoms with van der Waals surface area (Å²) in [5.41, 5.74) is 3.93. The summed E-state index contributed by atoms with van der Waals surface area (Å²) in [6, 6.07) is 18.6. The molecule has 6 heteroatoms. The maximum Gasteiger partial charge on any atom is 0.225 e. The van der Waals surface area contributed by atoms with Gasteiger partial charge in [0.2, 0.25) is 11.9 Å². The fourth-order valence-electron chi connectivity index (χ4n) is 5.73. The van der Waals surface area contributed by atoms with Gasteiger partial charge in [0, 0.05) is 12.1 Å². The topological polar surface area (TPSA) is 71.6 Å². The molecular weight excluding hydrogens is 398 g/mol. The molecule has 162 valence electrons. The summed E-state index contributed by atoms with van der Waals surface area (Å²) >= 11 is 0. The van der Waals surface area contributed by atoms with Crippen molar-refractivity contribution >= 4 is 34.4 Å². The Balaban J connectivity index is 1.40. The number of rotatable bonds is 3.